The number of benzene rings is 1. The zero-order chi connectivity index (χ0) is 12.0. The maximum Gasteiger partial charge on any atom is 0.258 e. The highest BCUT2D eigenvalue weighted by Crippen LogP contribution is 2.10. The molecule has 0 aliphatic carbocycles. The van der Waals surface area contributed by atoms with Crippen LogP contribution in [-0.4, -0.2) is 25.1 Å². The number of amides is 1. The van der Waals surface area contributed by atoms with Crippen LogP contribution in [0.25, 0.3) is 0 Å². The van der Waals surface area contributed by atoms with Crippen LogP contribution in [0, 0.1) is 5.82 Å². The van der Waals surface area contributed by atoms with E-state index in [9.17, 15) is 9.18 Å². The van der Waals surface area contributed by atoms with E-state index in [2.05, 4.69) is 5.32 Å². The first kappa shape index (κ1) is 12.4. The molecule has 0 heterocycles. The number of hydrogen-bond acceptors (Lipinski definition) is 3. The number of hydrogen-bond donors (Lipinski definition) is 2. The molecule has 1 aromatic carbocycles. The predicted octanol–water partition coefficient (Wildman–Crippen LogP) is 0.668. The van der Waals surface area contributed by atoms with Crippen LogP contribution in [0.1, 0.15) is 6.92 Å². The van der Waals surface area contributed by atoms with Gasteiger partial charge < -0.3 is 15.8 Å². The van der Waals surface area contributed by atoms with Gasteiger partial charge in [-0.1, -0.05) is 0 Å². The second-order valence-corrected chi connectivity index (χ2v) is 3.45. The first-order valence-electron chi connectivity index (χ1n) is 4.99. The lowest BCUT2D eigenvalue weighted by molar-refractivity contribution is -0.123. The third-order valence-electron chi connectivity index (χ3n) is 1.94. The first-order chi connectivity index (χ1) is 7.61. The van der Waals surface area contributed by atoms with Crippen LogP contribution in [0.4, 0.5) is 4.39 Å². The summed E-state index contributed by atoms with van der Waals surface area (Å²) in [5.41, 5.74) is 5.35. The molecule has 1 amide bonds. The number of carbonyl (C=O) groups excluding carboxylic acids is 1. The molecule has 88 valence electrons. The molecule has 0 bridgehead atoms. The van der Waals surface area contributed by atoms with Gasteiger partial charge in [0.25, 0.3) is 5.91 Å². The summed E-state index contributed by atoms with van der Waals surface area (Å²) in [6, 6.07) is 5.40. The van der Waals surface area contributed by atoms with Gasteiger partial charge in [-0.2, -0.15) is 0 Å². The Bertz CT molecular complexity index is 340. The summed E-state index contributed by atoms with van der Waals surface area (Å²) in [6.45, 7) is 2.08. The number of nitrogens with one attached hydrogen (secondary N) is 1. The van der Waals surface area contributed by atoms with Gasteiger partial charge in [0.1, 0.15) is 11.6 Å². The van der Waals surface area contributed by atoms with E-state index in [4.69, 9.17) is 10.5 Å². The zero-order valence-electron chi connectivity index (χ0n) is 9.07. The number of halogens is 1. The van der Waals surface area contributed by atoms with E-state index < -0.39 is 0 Å². The lowest BCUT2D eigenvalue weighted by Gasteiger charge is -2.11. The van der Waals surface area contributed by atoms with Crippen LogP contribution in [0.2, 0.25) is 0 Å². The molecule has 0 aromatic heterocycles. The lowest BCUT2D eigenvalue weighted by atomic mass is 10.3. The van der Waals surface area contributed by atoms with Crippen molar-refractivity contribution >= 4 is 5.91 Å². The second-order valence-electron chi connectivity index (χ2n) is 3.45. The molecule has 0 saturated carbocycles. The Morgan fingerprint density at radius 3 is 2.69 bits per heavy atom. The second kappa shape index (κ2) is 6.07. The average Bonchev–Trinajstić information content (AvgIpc) is 2.28. The van der Waals surface area contributed by atoms with Crippen molar-refractivity contribution in [2.45, 2.75) is 13.0 Å². The highest BCUT2D eigenvalue weighted by atomic mass is 19.1. The fourth-order valence-electron chi connectivity index (χ4n) is 1.06. The summed E-state index contributed by atoms with van der Waals surface area (Å²) in [5, 5.41) is 2.65. The van der Waals surface area contributed by atoms with Gasteiger partial charge in [-0.25, -0.2) is 4.39 Å². The monoisotopic (exact) mass is 226 g/mol. The molecule has 0 fully saturated rings. The van der Waals surface area contributed by atoms with E-state index >= 15 is 0 Å². The van der Waals surface area contributed by atoms with Gasteiger partial charge in [-0.05, 0) is 31.2 Å². The van der Waals surface area contributed by atoms with Crippen molar-refractivity contribution in [1.29, 1.82) is 0 Å². The van der Waals surface area contributed by atoms with Crippen molar-refractivity contribution < 1.29 is 13.9 Å². The van der Waals surface area contributed by atoms with Crippen LogP contribution in [0.5, 0.6) is 5.75 Å². The SMILES string of the molecule is CC(CN)NC(=O)COc1ccc(F)cc1. The van der Waals surface area contributed by atoms with Crippen molar-refractivity contribution in [1.82, 2.24) is 5.32 Å². The molecule has 16 heavy (non-hydrogen) atoms. The van der Waals surface area contributed by atoms with Crippen LogP contribution in [0.15, 0.2) is 24.3 Å². The Hall–Kier alpha value is -1.62. The predicted molar refractivity (Wildman–Crippen MR) is 58.6 cm³/mol. The topological polar surface area (TPSA) is 64.3 Å². The molecule has 4 nitrogen and oxygen atoms in total. The Kier molecular flexibility index (Phi) is 4.72. The highest BCUT2D eigenvalue weighted by molar-refractivity contribution is 5.77. The largest absolute Gasteiger partial charge is 0.484 e. The maximum absolute atomic E-state index is 12.6. The molecule has 0 radical (unpaired) electrons. The third kappa shape index (κ3) is 4.27. The molecule has 1 atom stereocenters. The summed E-state index contributed by atoms with van der Waals surface area (Å²) in [7, 11) is 0. The Morgan fingerprint density at radius 1 is 1.50 bits per heavy atom. The number of carbonyl (C=O) groups is 1. The molecule has 1 rings (SSSR count). The fourth-order valence-corrected chi connectivity index (χ4v) is 1.06. The van der Waals surface area contributed by atoms with Crippen molar-refractivity contribution in [3.8, 4) is 5.75 Å². The maximum atomic E-state index is 12.6. The van der Waals surface area contributed by atoms with Crippen LogP contribution >= 0.6 is 0 Å². The Morgan fingerprint density at radius 2 is 2.12 bits per heavy atom. The molecular weight excluding hydrogens is 211 g/mol. The molecule has 0 aliphatic heterocycles. The van der Waals surface area contributed by atoms with Crippen molar-refractivity contribution in [3.63, 3.8) is 0 Å². The zero-order valence-corrected chi connectivity index (χ0v) is 9.07. The molecule has 0 spiro atoms. The van der Waals surface area contributed by atoms with Crippen molar-refractivity contribution in [2.24, 2.45) is 5.73 Å². The molecule has 1 unspecified atom stereocenters. The quantitative estimate of drug-likeness (QED) is 0.775. The smallest absolute Gasteiger partial charge is 0.258 e. The summed E-state index contributed by atoms with van der Waals surface area (Å²) < 4.78 is 17.7. The van der Waals surface area contributed by atoms with Gasteiger partial charge in [0.15, 0.2) is 6.61 Å². The van der Waals surface area contributed by atoms with E-state index in [0.29, 0.717) is 12.3 Å². The lowest BCUT2D eigenvalue weighted by Crippen LogP contribution is -2.40. The van der Waals surface area contributed by atoms with Gasteiger partial charge in [0, 0.05) is 12.6 Å². The molecule has 3 N–H and O–H groups in total. The van der Waals surface area contributed by atoms with Crippen molar-refractivity contribution in [3.05, 3.63) is 30.1 Å². The van der Waals surface area contributed by atoms with Gasteiger partial charge >= 0.3 is 0 Å². The number of ether oxygens (including phenoxy) is 1. The van der Waals surface area contributed by atoms with Gasteiger partial charge in [-0.3, -0.25) is 4.79 Å². The van der Waals surface area contributed by atoms with E-state index in [1.165, 1.54) is 24.3 Å². The molecule has 5 heteroatoms. The van der Waals surface area contributed by atoms with Crippen LogP contribution < -0.4 is 15.8 Å². The number of rotatable bonds is 5. The minimum absolute atomic E-state index is 0.0793. The highest BCUT2D eigenvalue weighted by Gasteiger charge is 2.06. The van der Waals surface area contributed by atoms with Crippen LogP contribution in [-0.2, 0) is 4.79 Å². The summed E-state index contributed by atoms with van der Waals surface area (Å²) in [4.78, 5) is 11.3. The minimum Gasteiger partial charge on any atom is -0.484 e. The van der Waals surface area contributed by atoms with Gasteiger partial charge in [0.2, 0.25) is 0 Å². The van der Waals surface area contributed by atoms with Crippen molar-refractivity contribution in [2.75, 3.05) is 13.2 Å². The van der Waals surface area contributed by atoms with Gasteiger partial charge in [-0.15, -0.1) is 0 Å². The van der Waals surface area contributed by atoms with Gasteiger partial charge in [0.05, 0.1) is 0 Å². The van der Waals surface area contributed by atoms with Crippen LogP contribution in [0.3, 0.4) is 0 Å². The Balaban J connectivity index is 2.34. The average molecular weight is 226 g/mol. The molecular formula is C11H15FN2O2. The minimum atomic E-state index is -0.339. The summed E-state index contributed by atoms with van der Waals surface area (Å²) >= 11 is 0. The van der Waals surface area contributed by atoms with E-state index in [1.54, 1.807) is 6.92 Å². The Labute approximate surface area is 93.6 Å². The summed E-state index contributed by atoms with van der Waals surface area (Å²) in [5.74, 6) is -0.132. The number of nitrogens with two attached hydrogens (primary N) is 1. The van der Waals surface area contributed by atoms with E-state index in [-0.39, 0.29) is 24.4 Å². The van der Waals surface area contributed by atoms with E-state index in [1.807, 2.05) is 0 Å². The fraction of sp³-hybridized carbons (Fsp3) is 0.364. The molecule has 0 aliphatic rings. The molecule has 0 saturated heterocycles. The first-order valence-corrected chi connectivity index (χ1v) is 4.99. The third-order valence-corrected chi connectivity index (χ3v) is 1.94. The summed E-state index contributed by atoms with van der Waals surface area (Å²) in [6.07, 6.45) is 0. The molecule has 1 aromatic rings. The van der Waals surface area contributed by atoms with E-state index in [0.717, 1.165) is 0 Å². The normalized spacial score (nSPS) is 11.9. The standard InChI is InChI=1S/C11H15FN2O2/c1-8(6-13)14-11(15)7-16-10-4-2-9(12)3-5-10/h2-5,8H,6-7,13H2,1H3,(H,14,15).